The fourth-order valence-electron chi connectivity index (χ4n) is 5.47. The van der Waals surface area contributed by atoms with Gasteiger partial charge < -0.3 is 25.0 Å². The first kappa shape index (κ1) is 25.4. The number of aromatic nitrogens is 1. The van der Waals surface area contributed by atoms with E-state index in [9.17, 15) is 19.0 Å². The summed E-state index contributed by atoms with van der Waals surface area (Å²) >= 11 is 10.00. The number of nitrogens with zero attached hydrogens (tertiary/aromatic N) is 1. The summed E-state index contributed by atoms with van der Waals surface area (Å²) in [6.07, 6.45) is -4.85. The summed E-state index contributed by atoms with van der Waals surface area (Å²) in [7, 11) is 1.40. The molecule has 5 unspecified atom stereocenters. The van der Waals surface area contributed by atoms with Crippen LogP contribution in [0, 0.1) is 5.92 Å². The fraction of sp³-hybridized carbons (Fsp3) is 0.346. The Morgan fingerprint density at radius 1 is 1.19 bits per heavy atom. The van der Waals surface area contributed by atoms with Crippen molar-refractivity contribution < 1.29 is 28.5 Å². The van der Waals surface area contributed by atoms with E-state index in [1.54, 1.807) is 0 Å². The van der Waals surface area contributed by atoms with Gasteiger partial charge in [0.25, 0.3) is 6.43 Å². The molecule has 2 heterocycles. The lowest BCUT2D eigenvalue weighted by molar-refractivity contribution is -0.0995. The average Bonchev–Trinajstić information content (AvgIpc) is 3.27. The maximum absolute atomic E-state index is 12.9. The second-order valence-electron chi connectivity index (χ2n) is 8.96. The van der Waals surface area contributed by atoms with Crippen LogP contribution in [-0.2, 0) is 5.60 Å². The SMILES string of the molecule is COc1nc(Cl)c(-c2ccc(Br)cc2)c2c1C1(O)C(O)C(CNCC(F)F)C(c3ccccc3)C1O2. The highest BCUT2D eigenvalue weighted by molar-refractivity contribution is 9.10. The van der Waals surface area contributed by atoms with Gasteiger partial charge in [-0.2, -0.15) is 0 Å². The number of alkyl halides is 2. The summed E-state index contributed by atoms with van der Waals surface area (Å²) < 4.78 is 38.5. The Hall–Kier alpha value is -2.30. The standard InChI is InChI=1S/C26H24BrClF2N2O4/c1-35-25-20-21(19(24(28)32-25)14-7-9-15(27)10-8-14)36-23-18(13-5-3-2-4-6-13)16(11-31-12-17(29)30)22(33)26(20,23)34/h2-10,16-18,22-23,31,33-34H,11-12H2,1H3. The molecule has 1 aliphatic heterocycles. The smallest absolute Gasteiger partial charge is 0.250 e. The zero-order chi connectivity index (χ0) is 25.6. The average molecular weight is 582 g/mol. The van der Waals surface area contributed by atoms with Crippen LogP contribution < -0.4 is 14.8 Å². The molecule has 5 rings (SSSR count). The predicted octanol–water partition coefficient (Wildman–Crippen LogP) is 4.75. The lowest BCUT2D eigenvalue weighted by Crippen LogP contribution is -2.44. The second-order valence-corrected chi connectivity index (χ2v) is 10.2. The van der Waals surface area contributed by atoms with Crippen LogP contribution in [0.4, 0.5) is 8.78 Å². The number of benzene rings is 2. The van der Waals surface area contributed by atoms with Gasteiger partial charge in [0.1, 0.15) is 17.0 Å². The second kappa shape index (κ2) is 9.87. The molecule has 6 nitrogen and oxygen atoms in total. The van der Waals surface area contributed by atoms with E-state index < -0.39 is 42.6 Å². The van der Waals surface area contributed by atoms with Crippen molar-refractivity contribution in [2.24, 2.45) is 5.92 Å². The van der Waals surface area contributed by atoms with Crippen LogP contribution in [0.1, 0.15) is 17.0 Å². The molecule has 0 spiro atoms. The van der Waals surface area contributed by atoms with Gasteiger partial charge in [-0.05, 0) is 23.3 Å². The van der Waals surface area contributed by atoms with Crippen LogP contribution in [0.2, 0.25) is 5.15 Å². The molecule has 2 aliphatic rings. The van der Waals surface area contributed by atoms with Crippen molar-refractivity contribution in [3.63, 3.8) is 0 Å². The largest absolute Gasteiger partial charge is 0.485 e. The Bertz CT molecular complexity index is 1250. The van der Waals surface area contributed by atoms with E-state index in [0.29, 0.717) is 11.1 Å². The number of ether oxygens (including phenoxy) is 2. The van der Waals surface area contributed by atoms with Crippen LogP contribution in [0.3, 0.4) is 0 Å². The monoisotopic (exact) mass is 580 g/mol. The van der Waals surface area contributed by atoms with E-state index >= 15 is 0 Å². The normalized spacial score (nSPS) is 26.6. The lowest BCUT2D eigenvalue weighted by atomic mass is 9.86. The quantitative estimate of drug-likeness (QED) is 0.350. The number of halogens is 4. The number of fused-ring (bicyclic) bond motifs is 3. The van der Waals surface area contributed by atoms with Crippen LogP contribution in [-0.4, -0.2) is 54.0 Å². The van der Waals surface area contributed by atoms with Crippen LogP contribution >= 0.6 is 27.5 Å². The molecule has 36 heavy (non-hydrogen) atoms. The third-order valence-corrected chi connectivity index (χ3v) is 7.79. The summed E-state index contributed by atoms with van der Waals surface area (Å²) in [6.45, 7) is -0.481. The molecule has 1 fully saturated rings. The van der Waals surface area contributed by atoms with Crippen molar-refractivity contribution >= 4 is 27.5 Å². The van der Waals surface area contributed by atoms with E-state index in [1.807, 2.05) is 54.6 Å². The molecule has 0 saturated heterocycles. The molecule has 0 amide bonds. The fourth-order valence-corrected chi connectivity index (χ4v) is 6.00. The number of hydrogen-bond donors (Lipinski definition) is 3. The van der Waals surface area contributed by atoms with Gasteiger partial charge in [-0.3, -0.25) is 0 Å². The van der Waals surface area contributed by atoms with Gasteiger partial charge in [0.2, 0.25) is 5.88 Å². The van der Waals surface area contributed by atoms with Crippen molar-refractivity contribution in [1.82, 2.24) is 10.3 Å². The number of pyridine rings is 1. The number of aliphatic hydroxyl groups excluding tert-OH is 1. The molecule has 2 aromatic carbocycles. The van der Waals surface area contributed by atoms with Crippen molar-refractivity contribution in [2.75, 3.05) is 20.2 Å². The zero-order valence-electron chi connectivity index (χ0n) is 19.2. The molecule has 1 saturated carbocycles. The van der Waals surface area contributed by atoms with E-state index in [-0.39, 0.29) is 28.9 Å². The van der Waals surface area contributed by atoms with Gasteiger partial charge in [-0.15, -0.1) is 0 Å². The predicted molar refractivity (Wildman–Crippen MR) is 135 cm³/mol. The molecule has 0 bridgehead atoms. The minimum atomic E-state index is -2.54. The Labute approximate surface area is 220 Å². The van der Waals surface area contributed by atoms with Crippen LogP contribution in [0.25, 0.3) is 11.1 Å². The van der Waals surface area contributed by atoms with E-state index in [2.05, 4.69) is 26.2 Å². The molecule has 190 valence electrons. The summed E-state index contributed by atoms with van der Waals surface area (Å²) in [6, 6.07) is 16.6. The number of rotatable bonds is 7. The highest BCUT2D eigenvalue weighted by Gasteiger charge is 2.67. The third-order valence-electron chi connectivity index (χ3n) is 6.99. The maximum atomic E-state index is 12.9. The topological polar surface area (TPSA) is 83.8 Å². The molecular formula is C26H24BrClF2N2O4. The van der Waals surface area contributed by atoms with Crippen molar-refractivity contribution in [3.05, 3.63) is 75.4 Å². The van der Waals surface area contributed by atoms with Crippen LogP contribution in [0.5, 0.6) is 11.6 Å². The Balaban J connectivity index is 1.67. The molecule has 1 aliphatic carbocycles. The molecule has 3 aromatic rings. The van der Waals surface area contributed by atoms with Gasteiger partial charge in [-0.1, -0.05) is 70.0 Å². The van der Waals surface area contributed by atoms with Crippen molar-refractivity contribution in [3.8, 4) is 22.8 Å². The third kappa shape index (κ3) is 4.07. The lowest BCUT2D eigenvalue weighted by Gasteiger charge is -2.28. The minimum absolute atomic E-state index is 0.0351. The van der Waals surface area contributed by atoms with Crippen molar-refractivity contribution in [1.29, 1.82) is 0 Å². The summed E-state index contributed by atoms with van der Waals surface area (Å²) in [5.74, 6) is -0.843. The van der Waals surface area contributed by atoms with Crippen molar-refractivity contribution in [2.45, 2.75) is 30.2 Å². The van der Waals surface area contributed by atoms with E-state index in [1.165, 1.54) is 7.11 Å². The highest BCUT2D eigenvalue weighted by Crippen LogP contribution is 2.62. The van der Waals surface area contributed by atoms with E-state index in [4.69, 9.17) is 21.1 Å². The van der Waals surface area contributed by atoms with E-state index in [0.717, 1.165) is 10.0 Å². The first-order valence-electron chi connectivity index (χ1n) is 11.4. The molecule has 10 heteroatoms. The zero-order valence-corrected chi connectivity index (χ0v) is 21.5. The molecule has 3 N–H and O–H groups in total. The Morgan fingerprint density at radius 3 is 2.53 bits per heavy atom. The molecule has 0 radical (unpaired) electrons. The van der Waals surface area contributed by atoms with Gasteiger partial charge in [-0.25, -0.2) is 13.8 Å². The van der Waals surface area contributed by atoms with Crippen LogP contribution in [0.15, 0.2) is 59.1 Å². The first-order chi connectivity index (χ1) is 17.3. The molecular weight excluding hydrogens is 558 g/mol. The molecule has 5 atom stereocenters. The number of aliphatic hydroxyl groups is 2. The summed E-state index contributed by atoms with van der Waals surface area (Å²) in [5.41, 5.74) is 0.257. The molecule has 1 aromatic heterocycles. The number of hydrogen-bond acceptors (Lipinski definition) is 6. The van der Waals surface area contributed by atoms with Gasteiger partial charge in [0, 0.05) is 22.9 Å². The number of nitrogens with one attached hydrogen (secondary N) is 1. The summed E-state index contributed by atoms with van der Waals surface area (Å²) in [4.78, 5) is 4.38. The highest BCUT2D eigenvalue weighted by atomic mass is 79.9. The van der Waals surface area contributed by atoms with Gasteiger partial charge in [0.15, 0.2) is 5.60 Å². The summed E-state index contributed by atoms with van der Waals surface area (Å²) in [5, 5.41) is 26.6. The van der Waals surface area contributed by atoms with Gasteiger partial charge >= 0.3 is 0 Å². The van der Waals surface area contributed by atoms with Gasteiger partial charge in [0.05, 0.1) is 30.9 Å². The maximum Gasteiger partial charge on any atom is 0.250 e. The minimum Gasteiger partial charge on any atom is -0.485 e. The Morgan fingerprint density at radius 2 is 1.89 bits per heavy atom. The Kier molecular flexibility index (Phi) is 6.95. The number of methoxy groups -OCH3 is 1. The first-order valence-corrected chi connectivity index (χ1v) is 12.6.